The van der Waals surface area contributed by atoms with Gasteiger partial charge >= 0.3 is 36.0 Å². The van der Waals surface area contributed by atoms with Gasteiger partial charge in [0.1, 0.15) is 0 Å². The first-order valence-corrected chi connectivity index (χ1v) is 7.94. The quantitative estimate of drug-likeness (QED) is 0.503. The van der Waals surface area contributed by atoms with Gasteiger partial charge in [-0.25, -0.2) is 0 Å². The molecule has 0 aromatic carbocycles. The normalized spacial score (nSPS) is 35.3. The van der Waals surface area contributed by atoms with Crippen molar-refractivity contribution in [1.82, 2.24) is 0 Å². The number of carbonyl (C=O) groups is 1. The van der Waals surface area contributed by atoms with E-state index in [4.69, 9.17) is 0 Å². The summed E-state index contributed by atoms with van der Waals surface area (Å²) in [5.74, 6) is -20.2. The Morgan fingerprint density at radius 2 is 1.34 bits per heavy atom. The summed E-state index contributed by atoms with van der Waals surface area (Å²) in [6, 6.07) is 0. The molecule has 1 saturated heterocycles. The first-order valence-electron chi connectivity index (χ1n) is 7.94. The van der Waals surface area contributed by atoms with Crippen LogP contribution in [0.3, 0.4) is 0 Å². The maximum absolute atomic E-state index is 14.8. The maximum atomic E-state index is 14.8. The Morgan fingerprint density at radius 3 is 1.66 bits per heavy atom. The van der Waals surface area contributed by atoms with Crippen molar-refractivity contribution in [2.75, 3.05) is 0 Å². The molecule has 1 fully saturated rings. The highest BCUT2D eigenvalue weighted by Crippen LogP contribution is 2.66. The first kappa shape index (κ1) is 25.7. The van der Waals surface area contributed by atoms with Gasteiger partial charge in [0.15, 0.2) is 0 Å². The minimum absolute atomic E-state index is 0.254. The van der Waals surface area contributed by atoms with E-state index in [1.165, 1.54) is 6.92 Å². The lowest BCUT2D eigenvalue weighted by Crippen LogP contribution is -2.86. The molecule has 1 heterocycles. The second kappa shape index (κ2) is 6.34. The summed E-state index contributed by atoms with van der Waals surface area (Å²) in [7, 11) is 0. The lowest BCUT2D eigenvalue weighted by molar-refractivity contribution is -0.553. The number of aliphatic hydroxyl groups is 1. The highest BCUT2D eigenvalue weighted by Gasteiger charge is 2.95. The summed E-state index contributed by atoms with van der Waals surface area (Å²) in [5, 5.41) is 9.45. The topological polar surface area (TPSA) is 55.8 Å². The van der Waals surface area contributed by atoms with Crippen LogP contribution in [0.2, 0.25) is 0 Å². The highest BCUT2D eigenvalue weighted by molar-refractivity contribution is 5.76. The molecule has 0 saturated carbocycles. The van der Waals surface area contributed by atoms with Gasteiger partial charge in [-0.15, -0.1) is 0 Å². The van der Waals surface area contributed by atoms with Crippen LogP contribution in [-0.4, -0.2) is 52.3 Å². The van der Waals surface area contributed by atoms with E-state index in [0.29, 0.717) is 0 Å². The van der Waals surface area contributed by atoms with E-state index in [-0.39, 0.29) is 6.42 Å². The fraction of sp³-hybridized carbons (Fsp3) is 0.933. The number of alkyl halides is 10. The van der Waals surface area contributed by atoms with Crippen LogP contribution in [0.5, 0.6) is 0 Å². The van der Waals surface area contributed by atoms with E-state index in [1.54, 1.807) is 0 Å². The third-order valence-electron chi connectivity index (χ3n) is 5.23. The zero-order valence-corrected chi connectivity index (χ0v) is 15.7. The van der Waals surface area contributed by atoms with Gasteiger partial charge in [-0.05, 0) is 34.1 Å². The number of hydrogen-bond acceptors (Lipinski definition) is 4. The van der Waals surface area contributed by atoms with Gasteiger partial charge in [-0.3, -0.25) is 4.79 Å². The fourth-order valence-corrected chi connectivity index (χ4v) is 2.47. The number of carbonyl (C=O) groups excluding carboxylic acids is 1. The molecule has 1 N–H and O–H groups in total. The van der Waals surface area contributed by atoms with E-state index in [1.807, 2.05) is 0 Å². The van der Waals surface area contributed by atoms with Crippen LogP contribution in [-0.2, 0) is 14.3 Å². The third-order valence-corrected chi connectivity index (χ3v) is 5.23. The standard InChI is InChI=1S/C15H18F10O4/c1-6-8(2,3)7(26)28-9(4)11(16,17)10(5,14(20,21)22)29-13(27,12(9,18)19)15(23,24)25/h27H,6H2,1-5H3. The lowest BCUT2D eigenvalue weighted by Gasteiger charge is -2.58. The molecule has 0 aromatic heterocycles. The van der Waals surface area contributed by atoms with Crippen molar-refractivity contribution >= 4 is 5.97 Å². The van der Waals surface area contributed by atoms with E-state index in [0.717, 1.165) is 13.8 Å². The van der Waals surface area contributed by atoms with Crippen LogP contribution in [0.4, 0.5) is 43.9 Å². The second-order valence-corrected chi connectivity index (χ2v) is 7.58. The smallest absolute Gasteiger partial charge is 0.446 e. The molecule has 3 atom stereocenters. The van der Waals surface area contributed by atoms with Gasteiger partial charge < -0.3 is 14.6 Å². The summed E-state index contributed by atoms with van der Waals surface area (Å²) in [6.45, 7) is 2.05. The first-order chi connectivity index (χ1) is 12.4. The molecular formula is C15H18F10O4. The number of rotatable bonds is 3. The van der Waals surface area contributed by atoms with Crippen molar-refractivity contribution in [2.45, 2.75) is 82.2 Å². The molecule has 0 bridgehead atoms. The molecular weight excluding hydrogens is 434 g/mol. The van der Waals surface area contributed by atoms with Crippen molar-refractivity contribution in [1.29, 1.82) is 0 Å². The molecule has 0 radical (unpaired) electrons. The molecule has 29 heavy (non-hydrogen) atoms. The lowest BCUT2D eigenvalue weighted by atomic mass is 9.72. The van der Waals surface area contributed by atoms with Crippen molar-refractivity contribution in [3.63, 3.8) is 0 Å². The van der Waals surface area contributed by atoms with Crippen LogP contribution < -0.4 is 0 Å². The van der Waals surface area contributed by atoms with Crippen LogP contribution in [0.25, 0.3) is 0 Å². The van der Waals surface area contributed by atoms with Gasteiger partial charge in [0.25, 0.3) is 0 Å². The van der Waals surface area contributed by atoms with E-state index in [9.17, 15) is 53.8 Å². The Kier molecular flexibility index (Phi) is 5.63. The van der Waals surface area contributed by atoms with E-state index < -0.39 is 66.4 Å². The summed E-state index contributed by atoms with van der Waals surface area (Å²) in [5.41, 5.74) is -12.2. The van der Waals surface area contributed by atoms with Crippen LogP contribution in [0.15, 0.2) is 0 Å². The molecule has 1 rings (SSSR count). The Morgan fingerprint density at radius 1 is 0.931 bits per heavy atom. The molecule has 172 valence electrons. The largest absolute Gasteiger partial charge is 0.449 e. The molecule has 1 aliphatic rings. The molecule has 14 heteroatoms. The molecule has 1 aliphatic heterocycles. The minimum atomic E-state index is -6.69. The second-order valence-electron chi connectivity index (χ2n) is 7.58. The molecule has 4 nitrogen and oxygen atoms in total. The Hall–Kier alpha value is -1.31. The highest BCUT2D eigenvalue weighted by atomic mass is 19.4. The number of halogens is 10. The number of esters is 1. The third kappa shape index (κ3) is 3.08. The molecule has 3 unspecified atom stereocenters. The van der Waals surface area contributed by atoms with E-state index in [2.05, 4.69) is 9.47 Å². The SMILES string of the molecule is CCC(C)(C)C(=O)OC1(C)C(F)(F)C(C)(C(F)(F)F)OC(O)(C(F)(F)F)C1(F)F. The van der Waals surface area contributed by atoms with Crippen molar-refractivity contribution in [3.8, 4) is 0 Å². The van der Waals surface area contributed by atoms with Crippen LogP contribution in [0, 0.1) is 5.41 Å². The molecule has 0 aliphatic carbocycles. The van der Waals surface area contributed by atoms with Gasteiger partial charge in [0, 0.05) is 0 Å². The average Bonchev–Trinajstić information content (AvgIpc) is 2.50. The van der Waals surface area contributed by atoms with Crippen LogP contribution in [0.1, 0.15) is 41.0 Å². The minimum Gasteiger partial charge on any atom is -0.446 e. The summed E-state index contributed by atoms with van der Waals surface area (Å²) in [4.78, 5) is 12.1. The van der Waals surface area contributed by atoms with Gasteiger partial charge in [0.2, 0.25) is 11.2 Å². The Balaban J connectivity index is 3.93. The Bertz CT molecular complexity index is 631. The number of hydrogen-bond donors (Lipinski definition) is 1. The molecule has 0 amide bonds. The fourth-order valence-electron chi connectivity index (χ4n) is 2.47. The predicted octanol–water partition coefficient (Wildman–Crippen LogP) is 4.60. The monoisotopic (exact) mass is 452 g/mol. The van der Waals surface area contributed by atoms with Gasteiger partial charge in [-0.1, -0.05) is 6.92 Å². The molecule has 0 aromatic rings. The summed E-state index contributed by atoms with van der Waals surface area (Å²) < 4.78 is 145. The molecule has 0 spiro atoms. The van der Waals surface area contributed by atoms with E-state index >= 15 is 0 Å². The van der Waals surface area contributed by atoms with Gasteiger partial charge in [-0.2, -0.15) is 43.9 Å². The summed E-state index contributed by atoms with van der Waals surface area (Å²) >= 11 is 0. The van der Waals surface area contributed by atoms with Crippen molar-refractivity contribution < 1.29 is 63.3 Å². The van der Waals surface area contributed by atoms with Gasteiger partial charge in [0.05, 0.1) is 5.41 Å². The van der Waals surface area contributed by atoms with Crippen molar-refractivity contribution in [2.24, 2.45) is 5.41 Å². The zero-order chi connectivity index (χ0) is 23.7. The number of ether oxygens (including phenoxy) is 2. The average molecular weight is 452 g/mol. The van der Waals surface area contributed by atoms with Crippen LogP contribution >= 0.6 is 0 Å². The zero-order valence-electron chi connectivity index (χ0n) is 15.7. The maximum Gasteiger partial charge on any atom is 0.449 e. The summed E-state index contributed by atoms with van der Waals surface area (Å²) in [6.07, 6.45) is -13.3. The van der Waals surface area contributed by atoms with Crippen molar-refractivity contribution in [3.05, 3.63) is 0 Å². The predicted molar refractivity (Wildman–Crippen MR) is 75.0 cm³/mol. The Labute approximate surface area is 158 Å².